The number of fused-ring (bicyclic) bond motifs is 1. The summed E-state index contributed by atoms with van der Waals surface area (Å²) in [5.41, 5.74) is 9.81. The number of aliphatic hydroxyl groups is 1. The van der Waals surface area contributed by atoms with Crippen molar-refractivity contribution in [2.24, 2.45) is 0 Å². The van der Waals surface area contributed by atoms with Crippen LogP contribution < -0.4 is 5.73 Å². The first-order valence-electron chi connectivity index (χ1n) is 9.50. The summed E-state index contributed by atoms with van der Waals surface area (Å²) in [5, 5.41) is 12.6. The monoisotopic (exact) mass is 459 g/mol. The third-order valence-corrected chi connectivity index (χ3v) is 9.13. The highest BCUT2D eigenvalue weighted by Crippen LogP contribution is 2.43. The van der Waals surface area contributed by atoms with Gasteiger partial charge in [-0.1, -0.05) is 37.6 Å². The van der Waals surface area contributed by atoms with Gasteiger partial charge in [0.25, 0.3) is 0 Å². The van der Waals surface area contributed by atoms with Crippen LogP contribution in [-0.2, 0) is 16.4 Å². The summed E-state index contributed by atoms with van der Waals surface area (Å²) in [6.07, 6.45) is 3.09. The number of rotatable bonds is 7. The van der Waals surface area contributed by atoms with E-state index in [-0.39, 0.29) is 22.3 Å². The minimum Gasteiger partial charge on any atom is -0.396 e. The molecule has 3 aromatic heterocycles. The van der Waals surface area contributed by atoms with Gasteiger partial charge in [-0.05, 0) is 29.2 Å². The molecule has 0 saturated heterocycles. The SMILES string of the molecule is CCCCS(=O)(=O)c1sc2nc(-c3nccs3)cc(-c3ccc(CO)cc3)c2c1N. The van der Waals surface area contributed by atoms with Gasteiger partial charge in [-0.2, -0.15) is 0 Å². The Morgan fingerprint density at radius 1 is 1.20 bits per heavy atom. The molecule has 0 amide bonds. The van der Waals surface area contributed by atoms with E-state index in [1.165, 1.54) is 11.3 Å². The van der Waals surface area contributed by atoms with E-state index in [4.69, 9.17) is 10.7 Å². The molecule has 0 saturated carbocycles. The quantitative estimate of drug-likeness (QED) is 0.414. The van der Waals surface area contributed by atoms with E-state index in [2.05, 4.69) is 4.98 Å². The summed E-state index contributed by atoms with van der Waals surface area (Å²) in [4.78, 5) is 9.63. The first-order valence-corrected chi connectivity index (χ1v) is 12.8. The van der Waals surface area contributed by atoms with E-state index in [0.717, 1.165) is 39.5 Å². The highest BCUT2D eigenvalue weighted by atomic mass is 32.2. The number of pyridine rings is 1. The molecule has 6 nitrogen and oxygen atoms in total. The molecule has 0 aliphatic heterocycles. The number of thiazole rings is 1. The lowest BCUT2D eigenvalue weighted by molar-refractivity contribution is 0.282. The van der Waals surface area contributed by atoms with Crippen LogP contribution in [0.1, 0.15) is 25.3 Å². The fourth-order valence-corrected chi connectivity index (χ4v) is 6.97. The highest BCUT2D eigenvalue weighted by molar-refractivity contribution is 7.93. The maximum absolute atomic E-state index is 12.9. The minimum atomic E-state index is -3.48. The van der Waals surface area contributed by atoms with Crippen molar-refractivity contribution in [2.45, 2.75) is 30.6 Å². The molecule has 4 aromatic rings. The number of nitrogens with two attached hydrogens (primary N) is 1. The number of aliphatic hydroxyl groups excluding tert-OH is 1. The molecule has 156 valence electrons. The van der Waals surface area contributed by atoms with Crippen LogP contribution in [0.2, 0.25) is 0 Å². The molecule has 4 rings (SSSR count). The Kier molecular flexibility index (Phi) is 5.88. The second-order valence-electron chi connectivity index (χ2n) is 6.90. The van der Waals surface area contributed by atoms with Gasteiger partial charge >= 0.3 is 0 Å². The second-order valence-corrected chi connectivity index (χ2v) is 11.1. The van der Waals surface area contributed by atoms with E-state index in [1.807, 2.05) is 42.6 Å². The summed E-state index contributed by atoms with van der Waals surface area (Å²) in [7, 11) is -3.48. The molecule has 30 heavy (non-hydrogen) atoms. The van der Waals surface area contributed by atoms with Crippen LogP contribution in [-0.4, -0.2) is 29.2 Å². The van der Waals surface area contributed by atoms with Crippen LogP contribution in [0.25, 0.3) is 32.0 Å². The number of aromatic nitrogens is 2. The number of anilines is 1. The summed E-state index contributed by atoms with van der Waals surface area (Å²) in [5.74, 6) is 0.0698. The number of thiophene rings is 1. The normalized spacial score (nSPS) is 11.9. The maximum Gasteiger partial charge on any atom is 0.189 e. The molecular formula is C21H21N3O3S3. The van der Waals surface area contributed by atoms with Gasteiger partial charge < -0.3 is 10.8 Å². The molecule has 1 aromatic carbocycles. The molecule has 0 fully saturated rings. The fraction of sp³-hybridized carbons (Fsp3) is 0.238. The van der Waals surface area contributed by atoms with Gasteiger partial charge in [0, 0.05) is 17.0 Å². The standard InChI is InChI=1S/C21H21N3O3S3/c1-2-3-10-30(26,27)21-18(22)17-15(14-6-4-13(12-25)5-7-14)11-16(24-20(17)29-21)19-23-8-9-28-19/h4-9,11,25H,2-3,10,12,22H2,1H3. The number of hydrogen-bond acceptors (Lipinski definition) is 8. The molecule has 0 aliphatic rings. The Morgan fingerprint density at radius 2 is 1.97 bits per heavy atom. The molecular weight excluding hydrogens is 438 g/mol. The summed E-state index contributed by atoms with van der Waals surface area (Å²) in [6, 6.07) is 9.38. The van der Waals surface area contributed by atoms with Crippen LogP contribution in [0.4, 0.5) is 5.69 Å². The summed E-state index contributed by atoms with van der Waals surface area (Å²) in [6.45, 7) is 1.91. The van der Waals surface area contributed by atoms with Crippen molar-refractivity contribution in [1.82, 2.24) is 9.97 Å². The van der Waals surface area contributed by atoms with Gasteiger partial charge in [-0.3, -0.25) is 0 Å². The van der Waals surface area contributed by atoms with Crippen molar-refractivity contribution in [2.75, 3.05) is 11.5 Å². The van der Waals surface area contributed by atoms with Crippen LogP contribution in [0.5, 0.6) is 0 Å². The van der Waals surface area contributed by atoms with Crippen LogP contribution in [0.15, 0.2) is 46.1 Å². The molecule has 0 radical (unpaired) electrons. The third-order valence-electron chi connectivity index (χ3n) is 4.81. The van der Waals surface area contributed by atoms with Gasteiger partial charge in [-0.15, -0.1) is 22.7 Å². The van der Waals surface area contributed by atoms with Crippen molar-refractivity contribution in [3.63, 3.8) is 0 Å². The van der Waals surface area contributed by atoms with Crippen molar-refractivity contribution in [3.05, 3.63) is 47.5 Å². The summed E-state index contributed by atoms with van der Waals surface area (Å²) < 4.78 is 26.0. The van der Waals surface area contributed by atoms with Crippen molar-refractivity contribution in [3.8, 4) is 21.8 Å². The van der Waals surface area contributed by atoms with Crippen LogP contribution in [0.3, 0.4) is 0 Å². The predicted molar refractivity (Wildman–Crippen MR) is 123 cm³/mol. The molecule has 3 N–H and O–H groups in total. The van der Waals surface area contributed by atoms with Crippen LogP contribution in [0, 0.1) is 0 Å². The van der Waals surface area contributed by atoms with E-state index in [9.17, 15) is 13.5 Å². The second kappa shape index (κ2) is 8.43. The first kappa shape index (κ1) is 20.9. The zero-order valence-electron chi connectivity index (χ0n) is 16.3. The average molecular weight is 460 g/mol. The van der Waals surface area contributed by atoms with Crippen molar-refractivity contribution >= 4 is 48.4 Å². The Bertz CT molecular complexity index is 1280. The lowest BCUT2D eigenvalue weighted by atomic mass is 10.0. The van der Waals surface area contributed by atoms with Gasteiger partial charge in [-0.25, -0.2) is 18.4 Å². The first-order chi connectivity index (χ1) is 14.4. The number of sulfone groups is 1. The topological polar surface area (TPSA) is 106 Å². The van der Waals surface area contributed by atoms with E-state index < -0.39 is 9.84 Å². The molecule has 3 heterocycles. The number of nitrogen functional groups attached to an aromatic ring is 1. The zero-order chi connectivity index (χ0) is 21.3. The van der Waals surface area contributed by atoms with Crippen molar-refractivity contribution in [1.29, 1.82) is 0 Å². The molecule has 9 heteroatoms. The number of hydrogen-bond donors (Lipinski definition) is 2. The lowest BCUT2D eigenvalue weighted by Crippen LogP contribution is -2.06. The highest BCUT2D eigenvalue weighted by Gasteiger charge is 2.25. The molecule has 0 bridgehead atoms. The van der Waals surface area contributed by atoms with E-state index in [0.29, 0.717) is 22.3 Å². The predicted octanol–water partition coefficient (Wildman–Crippen LogP) is 4.74. The van der Waals surface area contributed by atoms with E-state index >= 15 is 0 Å². The third kappa shape index (κ3) is 3.85. The number of unbranched alkanes of at least 4 members (excludes halogenated alkanes) is 1. The number of benzene rings is 1. The maximum atomic E-state index is 12.9. The van der Waals surface area contributed by atoms with Crippen molar-refractivity contribution < 1.29 is 13.5 Å². The zero-order valence-corrected chi connectivity index (χ0v) is 18.8. The molecule has 0 aliphatic carbocycles. The Balaban J connectivity index is 1.97. The Hall–Kier alpha value is -2.33. The fourth-order valence-electron chi connectivity index (χ4n) is 3.24. The Labute approximate surface area is 183 Å². The molecule has 0 spiro atoms. The van der Waals surface area contributed by atoms with Gasteiger partial charge in [0.1, 0.15) is 19.7 Å². The largest absolute Gasteiger partial charge is 0.396 e. The van der Waals surface area contributed by atoms with E-state index in [1.54, 1.807) is 6.20 Å². The minimum absolute atomic E-state index is 0.0448. The molecule has 0 unspecified atom stereocenters. The van der Waals surface area contributed by atoms with Gasteiger partial charge in [0.05, 0.1) is 18.0 Å². The number of nitrogens with zero attached hydrogens (tertiary/aromatic N) is 2. The lowest BCUT2D eigenvalue weighted by Gasteiger charge is -2.08. The van der Waals surface area contributed by atoms with Gasteiger partial charge in [0.2, 0.25) is 0 Å². The average Bonchev–Trinajstić information content (AvgIpc) is 3.40. The Morgan fingerprint density at radius 3 is 2.60 bits per heavy atom. The smallest absolute Gasteiger partial charge is 0.189 e. The summed E-state index contributed by atoms with van der Waals surface area (Å²) >= 11 is 2.59. The molecule has 0 atom stereocenters. The van der Waals surface area contributed by atoms with Crippen LogP contribution >= 0.6 is 22.7 Å². The van der Waals surface area contributed by atoms with Gasteiger partial charge in [0.15, 0.2) is 9.84 Å².